The van der Waals surface area contributed by atoms with E-state index in [2.05, 4.69) is 30.0 Å². The minimum Gasteiger partial charge on any atom is -0.504 e. The van der Waals surface area contributed by atoms with Gasteiger partial charge >= 0.3 is 11.9 Å². The molecule has 1 aromatic carbocycles. The van der Waals surface area contributed by atoms with Crippen molar-refractivity contribution in [1.82, 2.24) is 29.8 Å². The molecule has 3 fully saturated rings. The summed E-state index contributed by atoms with van der Waals surface area (Å²) in [6, 6.07) is 0.921. The maximum Gasteiger partial charge on any atom is 0.352 e. The number of phenols is 3. The zero-order valence-electron chi connectivity index (χ0n) is 27.1. The number of nitrogens with two attached hydrogens (primary N) is 1. The zero-order valence-corrected chi connectivity index (χ0v) is 28.7. The second-order valence-electron chi connectivity index (χ2n) is 12.9. The van der Waals surface area contributed by atoms with Crippen LogP contribution in [0, 0.1) is 0 Å². The molecule has 6 rings (SSSR count). The van der Waals surface area contributed by atoms with E-state index in [1.54, 1.807) is 0 Å². The third-order valence-corrected chi connectivity index (χ3v) is 11.1. The van der Waals surface area contributed by atoms with E-state index in [0.717, 1.165) is 35.3 Å². The molecule has 19 nitrogen and oxygen atoms in total. The molecule has 0 spiro atoms. The predicted octanol–water partition coefficient (Wildman–Crippen LogP) is -0.0150. The second-order valence-corrected chi connectivity index (χ2v) is 14.8. The standard InChI is InChI=1S/C30H34N8O11S2/c1-30(2,28(47)48)49-35-17(22-34-29(31)51-36-22)24(43)33-18-25(44)38-19(27(45)46)11(10-50-26(18)38)9-37-13-3-4-14(37)8-12(7-13)32-23(42)15-5-6-16(39)21(41)20(15)40/h5-6,12-14,18,26,39-41H,3-4,7-10H2,1-2H3,(H,32,42)(H,33,43)(H,45,46)(H,47,48)(H2,31,34,36)/b35-17-/t12-,13+,14-,18-,26-/m1/s1. The third kappa shape index (κ3) is 6.70. The van der Waals surface area contributed by atoms with Crippen LogP contribution in [0.4, 0.5) is 5.13 Å². The van der Waals surface area contributed by atoms with E-state index in [4.69, 9.17) is 10.6 Å². The number of benzene rings is 1. The Labute approximate surface area is 297 Å². The van der Waals surface area contributed by atoms with Crippen LogP contribution in [0.5, 0.6) is 17.2 Å². The fourth-order valence-electron chi connectivity index (χ4n) is 6.61. The number of oxime groups is 1. The Balaban J connectivity index is 1.13. The molecule has 2 bridgehead atoms. The fourth-order valence-corrected chi connectivity index (χ4v) is 8.38. The Morgan fingerprint density at radius 1 is 1.08 bits per heavy atom. The molecule has 1 aromatic heterocycles. The van der Waals surface area contributed by atoms with E-state index >= 15 is 0 Å². The highest BCUT2D eigenvalue weighted by atomic mass is 32.2. The van der Waals surface area contributed by atoms with Crippen molar-refractivity contribution in [3.63, 3.8) is 0 Å². The van der Waals surface area contributed by atoms with Crippen molar-refractivity contribution in [2.75, 3.05) is 18.0 Å². The first-order chi connectivity index (χ1) is 24.1. The monoisotopic (exact) mass is 746 g/mol. The van der Waals surface area contributed by atoms with Gasteiger partial charge in [0.05, 0.1) is 5.56 Å². The Hall–Kier alpha value is -5.15. The number of aromatic hydroxyl groups is 3. The van der Waals surface area contributed by atoms with Gasteiger partial charge < -0.3 is 46.7 Å². The van der Waals surface area contributed by atoms with Gasteiger partial charge in [0.1, 0.15) is 17.1 Å². The summed E-state index contributed by atoms with van der Waals surface area (Å²) < 4.78 is 3.94. The number of hydrogen-bond acceptors (Lipinski definition) is 16. The van der Waals surface area contributed by atoms with E-state index in [-0.39, 0.29) is 52.6 Å². The lowest BCUT2D eigenvalue weighted by molar-refractivity contribution is -0.161. The van der Waals surface area contributed by atoms with Crippen LogP contribution in [-0.4, -0.2) is 128 Å². The van der Waals surface area contributed by atoms with Gasteiger partial charge in [0, 0.05) is 42.0 Å². The highest BCUT2D eigenvalue weighted by molar-refractivity contribution is 8.00. The van der Waals surface area contributed by atoms with Gasteiger partial charge in [-0.25, -0.2) is 9.59 Å². The number of anilines is 1. The van der Waals surface area contributed by atoms with Gasteiger partial charge in [0.2, 0.25) is 22.9 Å². The maximum atomic E-state index is 13.4. The number of nitrogens with zero attached hydrogens (tertiary/aromatic N) is 5. The number of hydrogen-bond donors (Lipinski definition) is 8. The number of rotatable bonds is 11. The smallest absolute Gasteiger partial charge is 0.352 e. The van der Waals surface area contributed by atoms with Crippen molar-refractivity contribution in [2.24, 2.45) is 5.16 Å². The van der Waals surface area contributed by atoms with Crippen molar-refractivity contribution >= 4 is 63.8 Å². The average Bonchev–Trinajstić information content (AvgIpc) is 3.59. The Morgan fingerprint density at radius 2 is 1.76 bits per heavy atom. The van der Waals surface area contributed by atoms with Gasteiger partial charge in [-0.3, -0.25) is 24.2 Å². The van der Waals surface area contributed by atoms with Gasteiger partial charge in [-0.1, -0.05) is 5.16 Å². The van der Waals surface area contributed by atoms with Gasteiger partial charge in [0.15, 0.2) is 16.6 Å². The van der Waals surface area contributed by atoms with Gasteiger partial charge in [-0.15, -0.1) is 11.8 Å². The molecule has 0 saturated carbocycles. The Bertz CT molecular complexity index is 1870. The average molecular weight is 747 g/mol. The largest absolute Gasteiger partial charge is 0.504 e. The summed E-state index contributed by atoms with van der Waals surface area (Å²) in [7, 11) is 0. The molecule has 3 saturated heterocycles. The number of fused-ring (bicyclic) bond motifs is 3. The number of aliphatic carboxylic acids is 2. The lowest BCUT2D eigenvalue weighted by Crippen LogP contribution is -2.71. The predicted molar refractivity (Wildman–Crippen MR) is 179 cm³/mol. The molecule has 3 amide bonds. The quantitative estimate of drug-likeness (QED) is 0.0649. The number of nitrogen functional groups attached to an aromatic ring is 1. The normalized spacial score (nSPS) is 24.8. The molecule has 5 atom stereocenters. The van der Waals surface area contributed by atoms with Gasteiger partial charge in [-0.2, -0.15) is 9.36 Å². The van der Waals surface area contributed by atoms with Crippen LogP contribution in [0.2, 0.25) is 0 Å². The molecular weight excluding hydrogens is 713 g/mol. The summed E-state index contributed by atoms with van der Waals surface area (Å²) in [5.74, 6) is -6.94. The van der Waals surface area contributed by atoms with E-state index < -0.39 is 69.6 Å². The van der Waals surface area contributed by atoms with Crippen LogP contribution < -0.4 is 16.4 Å². The van der Waals surface area contributed by atoms with Crippen LogP contribution in [0.3, 0.4) is 0 Å². The SMILES string of the molecule is CC(C)(O/N=C(\C(=O)N[C@@H]1C(=O)N2C(C(=O)O)=C(CN3[C@@H]4CC[C@H]3C[C@@H](NC(=O)c3ccc(O)c(O)c3O)C4)CS[C@H]12)c1nsc(N)n1)C(=O)O. The number of carbonyl (C=O) groups excluding carboxylic acids is 3. The minimum absolute atomic E-state index is 0.000318. The molecule has 51 heavy (non-hydrogen) atoms. The van der Waals surface area contributed by atoms with E-state index in [9.17, 15) is 49.5 Å². The van der Waals surface area contributed by atoms with Crippen molar-refractivity contribution < 1.29 is 54.3 Å². The lowest BCUT2D eigenvalue weighted by atomic mass is 9.95. The number of thioether (sulfide) groups is 1. The summed E-state index contributed by atoms with van der Waals surface area (Å²) >= 11 is 2.03. The van der Waals surface area contributed by atoms with Crippen molar-refractivity contribution in [1.29, 1.82) is 0 Å². The minimum atomic E-state index is -1.82. The fraction of sp³-hybridized carbons (Fsp3) is 0.467. The number of nitrogens with one attached hydrogen (secondary N) is 2. The summed E-state index contributed by atoms with van der Waals surface area (Å²) in [5, 5.41) is 57.5. The topological polar surface area (TPSA) is 290 Å². The van der Waals surface area contributed by atoms with Crippen LogP contribution in [0.15, 0.2) is 28.6 Å². The first kappa shape index (κ1) is 35.7. The van der Waals surface area contributed by atoms with Crippen LogP contribution >= 0.6 is 23.3 Å². The number of β-lactam (4-membered cyclic amide) rings is 1. The molecule has 9 N–H and O–H groups in total. The van der Waals surface area contributed by atoms with E-state index in [1.807, 2.05) is 0 Å². The number of carboxylic acid groups (broad SMARTS) is 2. The number of piperidine rings is 1. The second kappa shape index (κ2) is 13.5. The van der Waals surface area contributed by atoms with Crippen molar-refractivity contribution in [2.45, 2.75) is 74.7 Å². The highest BCUT2D eigenvalue weighted by Crippen LogP contribution is 2.43. The van der Waals surface area contributed by atoms with Crippen LogP contribution in [-0.2, 0) is 24.0 Å². The first-order valence-electron chi connectivity index (χ1n) is 15.7. The highest BCUT2D eigenvalue weighted by Gasteiger charge is 2.55. The molecule has 0 aliphatic carbocycles. The number of phenolic OH excluding ortho intramolecular Hbond substituents is 3. The number of carboxylic acids is 2. The molecule has 2 aromatic rings. The summed E-state index contributed by atoms with van der Waals surface area (Å²) in [6.07, 6.45) is 2.71. The summed E-state index contributed by atoms with van der Waals surface area (Å²) in [5.41, 5.74) is 3.50. The Morgan fingerprint density at radius 3 is 2.37 bits per heavy atom. The summed E-state index contributed by atoms with van der Waals surface area (Å²) in [6.45, 7) is 2.70. The van der Waals surface area contributed by atoms with Crippen molar-refractivity contribution in [3.05, 3.63) is 34.8 Å². The van der Waals surface area contributed by atoms with Gasteiger partial charge in [-0.05, 0) is 57.2 Å². The molecule has 5 heterocycles. The Kier molecular flexibility index (Phi) is 9.46. The first-order valence-corrected chi connectivity index (χ1v) is 17.5. The summed E-state index contributed by atoms with van der Waals surface area (Å²) in [4.78, 5) is 76.1. The molecule has 0 radical (unpaired) electrons. The molecule has 0 unspecified atom stereocenters. The third-order valence-electron chi connectivity index (χ3n) is 9.25. The molecular formula is C30H34N8O11S2. The zero-order chi connectivity index (χ0) is 36.9. The van der Waals surface area contributed by atoms with E-state index in [1.165, 1.54) is 31.7 Å². The molecule has 4 aliphatic heterocycles. The number of amides is 3. The number of carbonyl (C=O) groups is 5. The molecule has 21 heteroatoms. The van der Waals surface area contributed by atoms with Crippen LogP contribution in [0.25, 0.3) is 0 Å². The molecule has 272 valence electrons. The lowest BCUT2D eigenvalue weighted by Gasteiger charge is -2.50. The van der Waals surface area contributed by atoms with E-state index in [0.29, 0.717) is 18.4 Å². The maximum absolute atomic E-state index is 13.4. The van der Waals surface area contributed by atoms with Crippen molar-refractivity contribution in [3.8, 4) is 17.2 Å². The van der Waals surface area contributed by atoms with Gasteiger partial charge in [0.25, 0.3) is 17.7 Å². The number of aromatic nitrogens is 2. The van der Waals surface area contributed by atoms with Crippen LogP contribution in [0.1, 0.15) is 55.7 Å². The molecule has 4 aliphatic rings.